The molecule has 0 aromatic carbocycles. The highest BCUT2D eigenvalue weighted by molar-refractivity contribution is 9.12. The van der Waals surface area contributed by atoms with Gasteiger partial charge < -0.3 is 9.11 Å². The topological polar surface area (TPSA) is 46.1 Å². The summed E-state index contributed by atoms with van der Waals surface area (Å²) in [6, 6.07) is 0. The molecule has 0 bridgehead atoms. The third-order valence-electron chi connectivity index (χ3n) is 0.515. The predicted molar refractivity (Wildman–Crippen MR) is 41.0 cm³/mol. The van der Waals surface area contributed by atoms with Gasteiger partial charge in [-0.15, -0.1) is 17.6 Å². The van der Waals surface area contributed by atoms with Crippen LogP contribution in [0.3, 0.4) is 0 Å². The summed E-state index contributed by atoms with van der Waals surface area (Å²) in [6.45, 7) is 0. The number of hydrogen-bond donors (Lipinski definition) is 0. The van der Waals surface area contributed by atoms with Crippen LogP contribution in [0.5, 0.6) is 0 Å². The Hall–Kier alpha value is 1.11. The maximum Gasteiger partial charge on any atom is 0.540 e. The molecule has 2 unspecified atom stereocenters. The fourth-order valence-electron chi connectivity index (χ4n) is 0.172. The molecule has 12 heavy (non-hydrogen) atoms. The van der Waals surface area contributed by atoms with Gasteiger partial charge in [-0.05, 0) is 0 Å². The molecule has 74 valence electrons. The van der Waals surface area contributed by atoms with E-state index in [-0.39, 0.29) is 0 Å². The Morgan fingerprint density at radius 2 is 1.42 bits per heavy atom. The van der Waals surface area contributed by atoms with Gasteiger partial charge in [0.05, 0.1) is 15.9 Å². The molecular weight excluding hydrogens is 312 g/mol. The summed E-state index contributed by atoms with van der Waals surface area (Å²) < 4.78 is 59.4. The van der Waals surface area contributed by atoms with E-state index < -0.39 is 29.3 Å². The fraction of sp³-hybridized carbons (Fsp3) is 1.00. The van der Waals surface area contributed by atoms with Crippen molar-refractivity contribution in [2.24, 2.45) is 0 Å². The summed E-state index contributed by atoms with van der Waals surface area (Å²) in [5.41, 5.74) is 0. The minimum Gasteiger partial charge on any atom is -0.565 e. The monoisotopic (exact) mass is 310 g/mol. The van der Waals surface area contributed by atoms with Crippen molar-refractivity contribution in [1.82, 2.24) is 0 Å². The van der Waals surface area contributed by atoms with E-state index >= 15 is 0 Å². The first-order chi connectivity index (χ1) is 5.07. The number of rotatable bonds is 3. The summed E-state index contributed by atoms with van der Waals surface area (Å²) >= 11 is 5.62. The van der Waals surface area contributed by atoms with Crippen molar-refractivity contribution in [2.45, 2.75) is 8.88 Å². The van der Waals surface area contributed by atoms with Gasteiger partial charge in [0.1, 0.15) is 0 Å². The van der Waals surface area contributed by atoms with Crippen molar-refractivity contribution in [1.29, 1.82) is 0 Å². The molecule has 0 saturated carbocycles. The minimum atomic E-state index is -4.43. The quantitative estimate of drug-likeness (QED) is 0.347. The van der Waals surface area contributed by atoms with Crippen LogP contribution >= 0.6 is 27.5 Å². The van der Waals surface area contributed by atoms with Gasteiger partial charge in [-0.1, -0.05) is 0 Å². The van der Waals surface area contributed by atoms with Crippen LogP contribution in [0.2, 0.25) is 0 Å². The third kappa shape index (κ3) is 3.88. The maximum absolute atomic E-state index is 11.9. The molecule has 2 atom stereocenters. The second kappa shape index (κ2) is 4.09. The van der Waals surface area contributed by atoms with Crippen molar-refractivity contribution in [3.63, 3.8) is 0 Å². The SMILES string of the molecule is [O-][S+]([S+]([O-])C(F)(F)Br)C(F)(F)Cl. The molecule has 0 radical (unpaired) electrons. The number of hydrogen-bond acceptors (Lipinski definition) is 2. The van der Waals surface area contributed by atoms with Crippen molar-refractivity contribution in [3.8, 4) is 0 Å². The Bertz CT molecular complexity index is 142. The van der Waals surface area contributed by atoms with Gasteiger partial charge >= 0.3 is 8.88 Å². The minimum absolute atomic E-state index is 1.52. The molecule has 0 amide bonds. The summed E-state index contributed by atoms with van der Waals surface area (Å²) in [5, 5.41) is 0. The van der Waals surface area contributed by atoms with Crippen LogP contribution in [0.4, 0.5) is 17.6 Å². The van der Waals surface area contributed by atoms with E-state index in [0.29, 0.717) is 0 Å². The Morgan fingerprint density at radius 1 is 1.08 bits per heavy atom. The lowest BCUT2D eigenvalue weighted by Gasteiger charge is -2.16. The van der Waals surface area contributed by atoms with Crippen molar-refractivity contribution in [2.75, 3.05) is 0 Å². The first kappa shape index (κ1) is 13.1. The van der Waals surface area contributed by atoms with Gasteiger partial charge in [-0.2, -0.15) is 0 Å². The Balaban J connectivity index is 4.41. The average Bonchev–Trinajstić information content (AvgIpc) is 1.80. The zero-order valence-electron chi connectivity index (χ0n) is 4.90. The maximum atomic E-state index is 11.9. The summed E-state index contributed by atoms with van der Waals surface area (Å²) in [5.74, 6) is 0. The predicted octanol–water partition coefficient (Wildman–Crippen LogP) is 2.13. The lowest BCUT2D eigenvalue weighted by Crippen LogP contribution is -2.37. The normalized spacial score (nSPS) is 19.0. The third-order valence-corrected chi connectivity index (χ3v) is 5.85. The molecule has 0 saturated heterocycles. The zero-order valence-corrected chi connectivity index (χ0v) is 8.88. The van der Waals surface area contributed by atoms with Gasteiger partial charge in [0, 0.05) is 11.6 Å². The smallest absolute Gasteiger partial charge is 0.540 e. The van der Waals surface area contributed by atoms with Crippen LogP contribution in [0.15, 0.2) is 0 Å². The number of halogens is 6. The Kier molecular flexibility index (Phi) is 4.47. The van der Waals surface area contributed by atoms with Crippen LogP contribution in [0.25, 0.3) is 0 Å². The van der Waals surface area contributed by atoms with Crippen LogP contribution in [-0.2, 0) is 20.4 Å². The van der Waals surface area contributed by atoms with Crippen LogP contribution in [0.1, 0.15) is 0 Å². The van der Waals surface area contributed by atoms with Crippen LogP contribution in [0, 0.1) is 0 Å². The molecule has 0 heterocycles. The molecule has 0 N–H and O–H groups in total. The van der Waals surface area contributed by atoms with Crippen LogP contribution in [-0.4, -0.2) is 18.0 Å². The molecule has 0 spiro atoms. The van der Waals surface area contributed by atoms with Crippen molar-refractivity contribution < 1.29 is 26.7 Å². The van der Waals surface area contributed by atoms with Crippen molar-refractivity contribution in [3.05, 3.63) is 0 Å². The van der Waals surface area contributed by atoms with E-state index in [9.17, 15) is 26.7 Å². The van der Waals surface area contributed by atoms with E-state index in [1.54, 1.807) is 0 Å². The highest BCUT2D eigenvalue weighted by Gasteiger charge is 2.62. The van der Waals surface area contributed by atoms with Gasteiger partial charge in [0.25, 0.3) is 20.4 Å². The van der Waals surface area contributed by atoms with Gasteiger partial charge in [-0.3, -0.25) is 0 Å². The van der Waals surface area contributed by atoms with E-state index in [1.165, 1.54) is 15.9 Å². The summed E-state index contributed by atoms with van der Waals surface area (Å²) in [4.78, 5) is 0. The van der Waals surface area contributed by atoms with Gasteiger partial charge in [0.2, 0.25) is 0 Å². The molecule has 0 aliphatic carbocycles. The molecule has 2 nitrogen and oxygen atoms in total. The second-order valence-corrected chi connectivity index (χ2v) is 7.36. The molecule has 0 fully saturated rings. The molecule has 0 rings (SSSR count). The van der Waals surface area contributed by atoms with E-state index in [1.807, 2.05) is 0 Å². The standard InChI is InChI=1S/C2BrClF4O2S2/c3-1(5,6)11(9)12(10)2(4,7)8. The molecule has 0 aliphatic heterocycles. The molecule has 0 aromatic heterocycles. The highest BCUT2D eigenvalue weighted by atomic mass is 79.9. The second-order valence-electron chi connectivity index (χ2n) is 1.36. The molecular formula is C2BrClF4O2S2. The highest BCUT2D eigenvalue weighted by Crippen LogP contribution is 2.40. The number of alkyl halides is 6. The van der Waals surface area contributed by atoms with Crippen LogP contribution < -0.4 is 0 Å². The first-order valence-corrected chi connectivity index (χ1v) is 6.03. The van der Waals surface area contributed by atoms with E-state index in [0.717, 1.165) is 0 Å². The lowest BCUT2D eigenvalue weighted by atomic mass is 11.6. The molecule has 0 aliphatic rings. The lowest BCUT2D eigenvalue weighted by molar-refractivity contribution is 0.185. The Labute approximate surface area is 83.5 Å². The van der Waals surface area contributed by atoms with E-state index in [2.05, 4.69) is 11.6 Å². The zero-order chi connectivity index (χ0) is 10.2. The molecule has 10 heteroatoms. The fourth-order valence-corrected chi connectivity index (χ4v) is 3.14. The summed E-state index contributed by atoms with van der Waals surface area (Å²) in [7, 11) is -7.22. The van der Waals surface area contributed by atoms with E-state index in [4.69, 9.17) is 0 Å². The van der Waals surface area contributed by atoms with Crippen molar-refractivity contribution >= 4 is 47.9 Å². The summed E-state index contributed by atoms with van der Waals surface area (Å²) in [6.07, 6.45) is 0. The Morgan fingerprint density at radius 3 is 1.50 bits per heavy atom. The molecule has 0 aromatic rings. The van der Waals surface area contributed by atoms with Gasteiger partial charge in [0.15, 0.2) is 0 Å². The van der Waals surface area contributed by atoms with Gasteiger partial charge in [-0.25, -0.2) is 0 Å². The largest absolute Gasteiger partial charge is 0.565 e. The first-order valence-electron chi connectivity index (χ1n) is 2.04. The average molecular weight is 312 g/mol.